The predicted octanol–water partition coefficient (Wildman–Crippen LogP) is 5.90. The maximum Gasteiger partial charge on any atom is 0.236 e. The van der Waals surface area contributed by atoms with Gasteiger partial charge >= 0.3 is 0 Å². The summed E-state index contributed by atoms with van der Waals surface area (Å²) in [6, 6.07) is 18.5. The number of aromatic nitrogens is 2. The molecule has 0 atom stereocenters. The van der Waals surface area contributed by atoms with Crippen LogP contribution in [0.4, 0.5) is 5.13 Å². The van der Waals surface area contributed by atoms with Crippen molar-refractivity contribution in [3.8, 4) is 11.3 Å². The van der Waals surface area contributed by atoms with Crippen LogP contribution in [0.5, 0.6) is 0 Å². The third kappa shape index (κ3) is 5.53. The number of hydrogen-bond acceptors (Lipinski definition) is 6. The molecule has 2 heterocycles. The summed E-state index contributed by atoms with van der Waals surface area (Å²) in [5, 5.41) is 5.56. The van der Waals surface area contributed by atoms with Crippen LogP contribution < -0.4 is 5.32 Å². The third-order valence-corrected chi connectivity index (χ3v) is 7.07. The molecule has 4 rings (SSSR count). The normalized spacial score (nSPS) is 10.8. The quantitative estimate of drug-likeness (QED) is 0.366. The van der Waals surface area contributed by atoms with Gasteiger partial charge in [0.25, 0.3) is 0 Å². The van der Waals surface area contributed by atoms with E-state index < -0.39 is 0 Å². The van der Waals surface area contributed by atoms with Crippen LogP contribution in [0.25, 0.3) is 11.3 Å². The van der Waals surface area contributed by atoms with Crippen LogP contribution in [-0.4, -0.2) is 21.6 Å². The highest BCUT2D eigenvalue weighted by Crippen LogP contribution is 2.28. The average Bonchev–Trinajstić information content (AvgIpc) is 3.37. The first kappa shape index (κ1) is 19.8. The first-order chi connectivity index (χ1) is 14.2. The van der Waals surface area contributed by atoms with Gasteiger partial charge in [0.15, 0.2) is 9.47 Å². The van der Waals surface area contributed by atoms with E-state index in [1.165, 1.54) is 34.2 Å². The molecule has 0 saturated heterocycles. The molecule has 0 aliphatic heterocycles. The van der Waals surface area contributed by atoms with E-state index in [0.717, 1.165) is 26.9 Å². The summed E-state index contributed by atoms with van der Waals surface area (Å²) in [5.74, 6) is 0.247. The molecule has 146 valence electrons. The Balaban J connectivity index is 1.29. The second-order valence-corrected chi connectivity index (χ2v) is 9.69. The topological polar surface area (TPSA) is 54.9 Å². The van der Waals surface area contributed by atoms with Crippen LogP contribution in [0.15, 0.2) is 70.5 Å². The van der Waals surface area contributed by atoms with Gasteiger partial charge in [0.05, 0.1) is 11.4 Å². The minimum Gasteiger partial charge on any atom is -0.301 e. The first-order valence-electron chi connectivity index (χ1n) is 9.09. The van der Waals surface area contributed by atoms with Gasteiger partial charge in [-0.1, -0.05) is 71.9 Å². The molecule has 0 unspecified atom stereocenters. The van der Waals surface area contributed by atoms with Crippen LogP contribution in [0.2, 0.25) is 0 Å². The van der Waals surface area contributed by atoms with Crippen molar-refractivity contribution in [3.05, 3.63) is 82.2 Å². The van der Waals surface area contributed by atoms with Crippen LogP contribution in [0, 0.1) is 6.92 Å². The molecular formula is C22H19N3OS3. The summed E-state index contributed by atoms with van der Waals surface area (Å²) in [4.78, 5) is 22.4. The van der Waals surface area contributed by atoms with Crippen molar-refractivity contribution in [2.75, 3.05) is 11.1 Å². The van der Waals surface area contributed by atoms with Crippen molar-refractivity contribution in [2.45, 2.75) is 17.7 Å². The number of anilines is 1. The molecule has 0 fully saturated rings. The highest BCUT2D eigenvalue weighted by atomic mass is 32.2. The maximum atomic E-state index is 12.3. The Bertz CT molecular complexity index is 1110. The van der Waals surface area contributed by atoms with Gasteiger partial charge in [0.1, 0.15) is 0 Å². The smallest absolute Gasteiger partial charge is 0.236 e. The van der Waals surface area contributed by atoms with Gasteiger partial charge in [-0.25, -0.2) is 9.97 Å². The number of hydrogen-bond donors (Lipinski definition) is 1. The summed E-state index contributed by atoms with van der Waals surface area (Å²) < 4.78 is 0.887. The van der Waals surface area contributed by atoms with E-state index >= 15 is 0 Å². The summed E-state index contributed by atoms with van der Waals surface area (Å²) in [7, 11) is 0. The first-order valence-corrected chi connectivity index (χ1v) is 11.8. The van der Waals surface area contributed by atoms with Gasteiger partial charge in [-0.15, -0.1) is 22.7 Å². The summed E-state index contributed by atoms with van der Waals surface area (Å²) in [6.45, 7) is 2.09. The fourth-order valence-electron chi connectivity index (χ4n) is 2.82. The molecule has 2 aromatic carbocycles. The summed E-state index contributed by atoms with van der Waals surface area (Å²) in [6.07, 6.45) is 2.66. The minimum absolute atomic E-state index is 0.0667. The molecule has 0 bridgehead atoms. The minimum atomic E-state index is -0.0667. The molecule has 2 aromatic heterocycles. The molecule has 4 aromatic rings. The standard InChI is InChI=1S/C22H19N3OS3/c1-15-6-5-7-16(10-15)11-18-12-23-21(29-18)25-20(26)14-28-22-24-19(13-27-22)17-8-3-2-4-9-17/h2-10,12-13H,11,14H2,1H3,(H,23,25,26). The van der Waals surface area contributed by atoms with Gasteiger partial charge < -0.3 is 5.32 Å². The van der Waals surface area contributed by atoms with E-state index in [-0.39, 0.29) is 5.91 Å². The monoisotopic (exact) mass is 437 g/mol. The largest absolute Gasteiger partial charge is 0.301 e. The Hall–Kier alpha value is -2.48. The lowest BCUT2D eigenvalue weighted by Crippen LogP contribution is -2.13. The number of carbonyl (C=O) groups is 1. The highest BCUT2D eigenvalue weighted by Gasteiger charge is 2.10. The van der Waals surface area contributed by atoms with Crippen LogP contribution in [0.1, 0.15) is 16.0 Å². The molecule has 0 aliphatic carbocycles. The highest BCUT2D eigenvalue weighted by molar-refractivity contribution is 8.01. The van der Waals surface area contributed by atoms with Gasteiger partial charge in [-0.3, -0.25) is 4.79 Å². The number of carbonyl (C=O) groups excluding carboxylic acids is 1. The Labute approximate surface area is 182 Å². The second kappa shape index (κ2) is 9.35. The Morgan fingerprint density at radius 1 is 1.14 bits per heavy atom. The zero-order valence-corrected chi connectivity index (χ0v) is 18.2. The molecule has 7 heteroatoms. The average molecular weight is 438 g/mol. The Morgan fingerprint density at radius 2 is 2.00 bits per heavy atom. The van der Waals surface area contributed by atoms with Crippen LogP contribution in [-0.2, 0) is 11.2 Å². The lowest BCUT2D eigenvalue weighted by molar-refractivity contribution is -0.113. The number of rotatable bonds is 7. The Morgan fingerprint density at radius 3 is 2.83 bits per heavy atom. The van der Waals surface area contributed by atoms with E-state index in [1.54, 1.807) is 11.3 Å². The number of thiazole rings is 2. The van der Waals surface area contributed by atoms with Gasteiger partial charge in [0, 0.05) is 28.4 Å². The van der Waals surface area contributed by atoms with E-state index in [1.807, 2.05) is 41.9 Å². The van der Waals surface area contributed by atoms with Gasteiger partial charge in [-0.05, 0) is 12.5 Å². The number of nitrogens with zero attached hydrogens (tertiary/aromatic N) is 2. The van der Waals surface area contributed by atoms with Crippen LogP contribution in [0.3, 0.4) is 0 Å². The summed E-state index contributed by atoms with van der Waals surface area (Å²) in [5.41, 5.74) is 4.53. The molecule has 0 aliphatic rings. The zero-order chi connectivity index (χ0) is 20.1. The SMILES string of the molecule is Cc1cccc(Cc2cnc(NC(=O)CSc3nc(-c4ccccc4)cs3)s2)c1. The van der Waals surface area contributed by atoms with E-state index in [2.05, 4.69) is 46.5 Å². The van der Waals surface area contributed by atoms with Gasteiger partial charge in [-0.2, -0.15) is 0 Å². The molecule has 1 amide bonds. The van der Waals surface area contributed by atoms with Crippen molar-refractivity contribution in [2.24, 2.45) is 0 Å². The van der Waals surface area contributed by atoms with E-state index in [0.29, 0.717) is 10.9 Å². The number of amides is 1. The van der Waals surface area contributed by atoms with Gasteiger partial charge in [0.2, 0.25) is 5.91 Å². The molecular weight excluding hydrogens is 418 g/mol. The van der Waals surface area contributed by atoms with Crippen molar-refractivity contribution < 1.29 is 4.79 Å². The molecule has 0 saturated carbocycles. The maximum absolute atomic E-state index is 12.3. The fourth-order valence-corrected chi connectivity index (χ4v) is 5.32. The molecule has 0 radical (unpaired) electrons. The third-order valence-electron chi connectivity index (χ3n) is 4.14. The number of aryl methyl sites for hydroxylation is 1. The number of benzene rings is 2. The van der Waals surface area contributed by atoms with Crippen molar-refractivity contribution in [3.63, 3.8) is 0 Å². The molecule has 29 heavy (non-hydrogen) atoms. The molecule has 4 nitrogen and oxygen atoms in total. The summed E-state index contributed by atoms with van der Waals surface area (Å²) >= 11 is 4.52. The second-order valence-electron chi connectivity index (χ2n) is 6.50. The van der Waals surface area contributed by atoms with Crippen molar-refractivity contribution in [1.29, 1.82) is 0 Å². The fraction of sp³-hybridized carbons (Fsp3) is 0.136. The van der Waals surface area contributed by atoms with E-state index in [9.17, 15) is 4.79 Å². The zero-order valence-electron chi connectivity index (χ0n) is 15.8. The lowest BCUT2D eigenvalue weighted by atomic mass is 10.1. The van der Waals surface area contributed by atoms with Crippen molar-refractivity contribution in [1.82, 2.24) is 9.97 Å². The predicted molar refractivity (Wildman–Crippen MR) is 123 cm³/mol. The molecule has 0 spiro atoms. The van der Waals surface area contributed by atoms with Crippen LogP contribution >= 0.6 is 34.4 Å². The van der Waals surface area contributed by atoms with Crippen molar-refractivity contribution >= 4 is 45.5 Å². The Kier molecular flexibility index (Phi) is 6.39. The van der Waals surface area contributed by atoms with E-state index in [4.69, 9.17) is 0 Å². The number of nitrogens with one attached hydrogen (secondary N) is 1. The number of thioether (sulfide) groups is 1. The molecule has 1 N–H and O–H groups in total. The lowest BCUT2D eigenvalue weighted by Gasteiger charge is -2.00.